The molecule has 2 aromatic heterocycles. The minimum absolute atomic E-state index is 0.297. The van der Waals surface area contributed by atoms with Gasteiger partial charge in [0.25, 0.3) is 11.8 Å². The summed E-state index contributed by atoms with van der Waals surface area (Å²) in [5, 5.41) is 7.62. The molecule has 0 unspecified atom stereocenters. The van der Waals surface area contributed by atoms with Crippen LogP contribution >= 0.6 is 0 Å². The number of aromatic nitrogens is 2. The Morgan fingerprint density at radius 1 is 0.500 bits per heavy atom. The quantitative estimate of drug-likeness (QED) is 0.176. The normalized spacial score (nSPS) is 11.0. The smallest absolute Gasteiger partial charge is 0.256 e. The van der Waals surface area contributed by atoms with Crippen molar-refractivity contribution < 1.29 is 9.59 Å². The van der Waals surface area contributed by atoms with E-state index in [2.05, 4.69) is 48.7 Å². The number of nitrogens with one attached hydrogen (secondary N) is 2. The summed E-state index contributed by atoms with van der Waals surface area (Å²) in [6, 6.07) is 42.6. The molecule has 48 heavy (non-hydrogen) atoms. The molecule has 6 heteroatoms. The summed E-state index contributed by atoms with van der Waals surface area (Å²) < 4.78 is 0. The highest BCUT2D eigenvalue weighted by molar-refractivity contribution is 6.17. The lowest BCUT2D eigenvalue weighted by Crippen LogP contribution is -2.17. The van der Waals surface area contributed by atoms with Crippen molar-refractivity contribution in [3.63, 3.8) is 0 Å². The molecule has 0 aliphatic rings. The summed E-state index contributed by atoms with van der Waals surface area (Å²) in [5.41, 5.74) is 9.19. The van der Waals surface area contributed by atoms with Crippen LogP contribution in [0.2, 0.25) is 0 Å². The lowest BCUT2D eigenvalue weighted by molar-refractivity contribution is 0.101. The maximum atomic E-state index is 14.0. The first-order chi connectivity index (χ1) is 23.5. The second-order valence-corrected chi connectivity index (χ2v) is 11.7. The largest absolute Gasteiger partial charge is 0.320 e. The lowest BCUT2D eigenvalue weighted by atomic mass is 10.0. The van der Waals surface area contributed by atoms with Crippen molar-refractivity contribution in [3.05, 3.63) is 156 Å². The molecule has 0 fully saturated rings. The van der Waals surface area contributed by atoms with Crippen molar-refractivity contribution in [1.82, 2.24) is 9.97 Å². The van der Waals surface area contributed by atoms with E-state index in [0.29, 0.717) is 33.9 Å². The van der Waals surface area contributed by atoms with Crippen molar-refractivity contribution >= 4 is 45.0 Å². The summed E-state index contributed by atoms with van der Waals surface area (Å²) in [4.78, 5) is 37.7. The van der Waals surface area contributed by atoms with Crippen LogP contribution in [0.4, 0.5) is 11.4 Å². The van der Waals surface area contributed by atoms with Gasteiger partial charge in [0, 0.05) is 21.9 Å². The van der Waals surface area contributed by atoms with E-state index in [4.69, 9.17) is 9.97 Å². The van der Waals surface area contributed by atoms with E-state index < -0.39 is 0 Å². The number of hydrogen-bond acceptors (Lipinski definition) is 4. The summed E-state index contributed by atoms with van der Waals surface area (Å²) in [6.07, 6.45) is 1.89. The fourth-order valence-electron chi connectivity index (χ4n) is 5.93. The Kier molecular flexibility index (Phi) is 8.46. The van der Waals surface area contributed by atoms with Gasteiger partial charge < -0.3 is 10.6 Å². The van der Waals surface area contributed by atoms with E-state index in [1.165, 1.54) is 11.1 Å². The van der Waals surface area contributed by atoms with Gasteiger partial charge in [-0.1, -0.05) is 111 Å². The molecule has 234 valence electrons. The predicted octanol–water partition coefficient (Wildman–Crippen LogP) is 9.75. The van der Waals surface area contributed by atoms with Crippen molar-refractivity contribution in [2.24, 2.45) is 0 Å². The fraction of sp³-hybridized carbons (Fsp3) is 0.0952. The molecule has 5 aromatic carbocycles. The van der Waals surface area contributed by atoms with Gasteiger partial charge in [-0.05, 0) is 60.4 Å². The Hall–Kier alpha value is -6.14. The maximum Gasteiger partial charge on any atom is 0.256 e. The molecule has 2 amide bonds. The Morgan fingerprint density at radius 3 is 1.27 bits per heavy atom. The number of hydrogen-bond donors (Lipinski definition) is 2. The van der Waals surface area contributed by atoms with Crippen molar-refractivity contribution in [3.8, 4) is 22.5 Å². The predicted molar refractivity (Wildman–Crippen MR) is 195 cm³/mol. The number of pyridine rings is 2. The van der Waals surface area contributed by atoms with Crippen LogP contribution in [0.25, 0.3) is 44.3 Å². The molecule has 7 rings (SSSR count). The zero-order chi connectivity index (χ0) is 33.0. The topological polar surface area (TPSA) is 84.0 Å². The lowest BCUT2D eigenvalue weighted by Gasteiger charge is -2.15. The third kappa shape index (κ3) is 6.16. The van der Waals surface area contributed by atoms with Crippen LogP contribution in [-0.4, -0.2) is 21.8 Å². The number of para-hydroxylation sites is 4. The molecule has 7 aromatic rings. The summed E-state index contributed by atoms with van der Waals surface area (Å²) in [6.45, 7) is 4.24. The summed E-state index contributed by atoms with van der Waals surface area (Å²) >= 11 is 0. The highest BCUT2D eigenvalue weighted by atomic mass is 16.2. The van der Waals surface area contributed by atoms with E-state index >= 15 is 0 Å². The van der Waals surface area contributed by atoms with Gasteiger partial charge in [0.2, 0.25) is 0 Å². The SMILES string of the molecule is CCc1ccc(-c2cc(C(=O)Nc3ccccc3NC(=O)c3cc(-c4ccc(CC)cc4)nc4ccccc34)c3ccccc3n2)cc1. The van der Waals surface area contributed by atoms with Gasteiger partial charge in [-0.15, -0.1) is 0 Å². The molecule has 0 atom stereocenters. The van der Waals surface area contributed by atoms with Crippen LogP contribution < -0.4 is 10.6 Å². The molecular weight excluding hydrogens is 592 g/mol. The number of fused-ring (bicyclic) bond motifs is 2. The Balaban J connectivity index is 1.21. The van der Waals surface area contributed by atoms with Gasteiger partial charge in [-0.25, -0.2) is 9.97 Å². The van der Waals surface area contributed by atoms with E-state index in [-0.39, 0.29) is 11.8 Å². The third-order valence-corrected chi connectivity index (χ3v) is 8.66. The van der Waals surface area contributed by atoms with E-state index in [1.807, 2.05) is 97.1 Å². The van der Waals surface area contributed by atoms with E-state index in [1.54, 1.807) is 12.1 Å². The Labute approximate surface area is 279 Å². The van der Waals surface area contributed by atoms with Gasteiger partial charge in [0.05, 0.1) is 44.9 Å². The van der Waals surface area contributed by atoms with Crippen LogP contribution in [0.15, 0.2) is 133 Å². The Morgan fingerprint density at radius 2 is 0.875 bits per heavy atom. The average molecular weight is 627 g/mol. The van der Waals surface area contributed by atoms with Crippen LogP contribution in [-0.2, 0) is 12.8 Å². The van der Waals surface area contributed by atoms with Gasteiger partial charge in [-0.3, -0.25) is 9.59 Å². The first kappa shape index (κ1) is 30.5. The van der Waals surface area contributed by atoms with Crippen LogP contribution in [0.1, 0.15) is 45.7 Å². The molecule has 2 heterocycles. The monoisotopic (exact) mass is 626 g/mol. The molecular formula is C42H34N4O2. The standard InChI is InChI=1S/C42H34N4O2/c1-3-27-17-21-29(22-18-27)39-25-33(31-11-5-7-13-35(31)43-39)41(47)45-37-15-9-10-16-38(37)46-42(48)34-26-40(30-23-19-28(4-2)20-24-30)44-36-14-8-6-12-32(34)36/h5-26H,3-4H2,1-2H3,(H,45,47)(H,46,48). The first-order valence-electron chi connectivity index (χ1n) is 16.2. The maximum absolute atomic E-state index is 14.0. The van der Waals surface area contributed by atoms with Gasteiger partial charge >= 0.3 is 0 Å². The highest BCUT2D eigenvalue weighted by Crippen LogP contribution is 2.30. The number of carbonyl (C=O) groups is 2. The van der Waals surface area contributed by atoms with E-state index in [0.717, 1.165) is 45.8 Å². The summed E-state index contributed by atoms with van der Waals surface area (Å²) in [7, 11) is 0. The molecule has 2 N–H and O–H groups in total. The molecule has 0 radical (unpaired) electrons. The summed E-state index contributed by atoms with van der Waals surface area (Å²) in [5.74, 6) is -0.595. The van der Waals surface area contributed by atoms with Gasteiger partial charge in [0.15, 0.2) is 0 Å². The second-order valence-electron chi connectivity index (χ2n) is 11.7. The first-order valence-corrected chi connectivity index (χ1v) is 16.2. The van der Waals surface area contributed by atoms with Crippen LogP contribution in [0, 0.1) is 0 Å². The number of carbonyl (C=O) groups excluding carboxylic acids is 2. The third-order valence-electron chi connectivity index (χ3n) is 8.66. The molecule has 0 spiro atoms. The second kappa shape index (κ2) is 13.3. The number of nitrogens with zero attached hydrogens (tertiary/aromatic N) is 2. The number of amides is 2. The van der Waals surface area contributed by atoms with Crippen LogP contribution in [0.3, 0.4) is 0 Å². The number of aryl methyl sites for hydroxylation is 2. The fourth-order valence-corrected chi connectivity index (χ4v) is 5.93. The minimum atomic E-state index is -0.297. The van der Waals surface area contributed by atoms with Crippen LogP contribution in [0.5, 0.6) is 0 Å². The molecule has 6 nitrogen and oxygen atoms in total. The van der Waals surface area contributed by atoms with Crippen molar-refractivity contribution in [2.75, 3.05) is 10.6 Å². The van der Waals surface area contributed by atoms with Gasteiger partial charge in [0.1, 0.15) is 0 Å². The zero-order valence-electron chi connectivity index (χ0n) is 26.8. The molecule has 0 aliphatic heterocycles. The number of benzene rings is 5. The minimum Gasteiger partial charge on any atom is -0.320 e. The molecule has 0 aliphatic carbocycles. The van der Waals surface area contributed by atoms with Crippen molar-refractivity contribution in [1.29, 1.82) is 0 Å². The molecule has 0 saturated carbocycles. The highest BCUT2D eigenvalue weighted by Gasteiger charge is 2.19. The number of anilines is 2. The molecule has 0 bridgehead atoms. The average Bonchev–Trinajstić information content (AvgIpc) is 3.14. The molecule has 0 saturated heterocycles. The van der Waals surface area contributed by atoms with Crippen molar-refractivity contribution in [2.45, 2.75) is 26.7 Å². The Bertz CT molecular complexity index is 2130. The number of rotatable bonds is 8. The zero-order valence-corrected chi connectivity index (χ0v) is 26.8. The van der Waals surface area contributed by atoms with Gasteiger partial charge in [-0.2, -0.15) is 0 Å². The van der Waals surface area contributed by atoms with E-state index in [9.17, 15) is 9.59 Å².